The molecule has 0 saturated heterocycles. The molecule has 0 aliphatic rings. The van der Waals surface area contributed by atoms with Gasteiger partial charge >= 0.3 is 0 Å². The minimum Gasteiger partial charge on any atom is -0.325 e. The molecule has 0 aromatic heterocycles. The molecule has 1 atom stereocenters. The molecule has 0 bridgehead atoms. The van der Waals surface area contributed by atoms with Gasteiger partial charge in [0.25, 0.3) is 0 Å². The van der Waals surface area contributed by atoms with Crippen LogP contribution in [0.5, 0.6) is 0 Å². The van der Waals surface area contributed by atoms with Gasteiger partial charge < -0.3 is 5.32 Å². The molecule has 1 N–H and O–H groups in total. The fraction of sp³-hybridized carbons (Fsp3) is 0.417. The fourth-order valence-electron chi connectivity index (χ4n) is 1.14. The Labute approximate surface area is 115 Å². The zero-order chi connectivity index (χ0) is 12.3. The number of rotatable bonds is 3. The van der Waals surface area contributed by atoms with Crippen LogP contribution < -0.4 is 5.32 Å². The summed E-state index contributed by atoms with van der Waals surface area (Å²) in [5, 5.41) is 3.59. The second-order valence-corrected chi connectivity index (χ2v) is 5.74. The maximum atomic E-state index is 11.8. The molecule has 0 radical (unpaired) electrons. The quantitative estimate of drug-likeness (QED) is 0.814. The van der Waals surface area contributed by atoms with Gasteiger partial charge in [-0.1, -0.05) is 32.4 Å². The molecule has 1 amide bonds. The Balaban J connectivity index is 2.77. The predicted octanol–water partition coefficient (Wildman–Crippen LogP) is 4.18. The van der Waals surface area contributed by atoms with E-state index in [1.54, 1.807) is 6.07 Å². The maximum Gasteiger partial charge on any atom is 0.227 e. The van der Waals surface area contributed by atoms with Crippen LogP contribution in [0.1, 0.15) is 20.8 Å². The third-order valence-electron chi connectivity index (χ3n) is 2.60. The van der Waals surface area contributed by atoms with Gasteiger partial charge in [-0.05, 0) is 46.7 Å². The van der Waals surface area contributed by atoms with E-state index in [4.69, 9.17) is 11.6 Å². The van der Waals surface area contributed by atoms with Crippen LogP contribution in [0.3, 0.4) is 0 Å². The monoisotopic (exact) mass is 351 g/mol. The van der Waals surface area contributed by atoms with Gasteiger partial charge in [0.05, 0.1) is 5.69 Å². The molecule has 0 spiro atoms. The highest BCUT2D eigenvalue weighted by Crippen LogP contribution is 2.23. The first-order chi connectivity index (χ1) is 7.41. The summed E-state index contributed by atoms with van der Waals surface area (Å²) in [6.45, 7) is 6.01. The number of benzene rings is 1. The minimum atomic E-state index is 0.00600. The molecule has 1 aromatic rings. The summed E-state index contributed by atoms with van der Waals surface area (Å²) in [6.07, 6.45) is 0. The van der Waals surface area contributed by atoms with E-state index in [9.17, 15) is 4.79 Å². The zero-order valence-electron chi connectivity index (χ0n) is 9.55. The molecule has 1 rings (SSSR count). The lowest BCUT2D eigenvalue weighted by Gasteiger charge is -2.16. The molecule has 1 aromatic carbocycles. The van der Waals surface area contributed by atoms with Crippen molar-refractivity contribution in [2.24, 2.45) is 11.8 Å². The first-order valence-corrected chi connectivity index (χ1v) is 6.63. The molecule has 88 valence electrons. The summed E-state index contributed by atoms with van der Waals surface area (Å²) < 4.78 is 0.953. The van der Waals surface area contributed by atoms with Crippen LogP contribution in [-0.2, 0) is 4.79 Å². The molecule has 0 heterocycles. The number of carbonyl (C=O) groups is 1. The van der Waals surface area contributed by atoms with Crippen LogP contribution in [0.2, 0.25) is 5.02 Å². The molecular formula is C12H15ClINO. The second kappa shape index (κ2) is 5.87. The van der Waals surface area contributed by atoms with E-state index in [0.29, 0.717) is 10.9 Å². The van der Waals surface area contributed by atoms with Gasteiger partial charge in [0.15, 0.2) is 0 Å². The Morgan fingerprint density at radius 2 is 2.00 bits per heavy atom. The molecule has 4 heteroatoms. The fourth-order valence-corrected chi connectivity index (χ4v) is 2.15. The van der Waals surface area contributed by atoms with Crippen molar-refractivity contribution < 1.29 is 4.79 Å². The Bertz CT molecular complexity index is 393. The van der Waals surface area contributed by atoms with Gasteiger partial charge in [-0.25, -0.2) is 0 Å². The lowest BCUT2D eigenvalue weighted by molar-refractivity contribution is -0.120. The summed E-state index contributed by atoms with van der Waals surface area (Å²) in [6, 6.07) is 5.44. The first kappa shape index (κ1) is 13.8. The lowest BCUT2D eigenvalue weighted by atomic mass is 9.97. The van der Waals surface area contributed by atoms with Crippen LogP contribution in [0.15, 0.2) is 18.2 Å². The molecule has 0 saturated carbocycles. The normalized spacial score (nSPS) is 12.6. The highest BCUT2D eigenvalue weighted by Gasteiger charge is 2.17. The molecule has 1 unspecified atom stereocenters. The third kappa shape index (κ3) is 3.63. The Hall–Kier alpha value is -0.290. The highest BCUT2D eigenvalue weighted by molar-refractivity contribution is 14.1. The van der Waals surface area contributed by atoms with Gasteiger partial charge in [-0.15, -0.1) is 0 Å². The van der Waals surface area contributed by atoms with E-state index in [-0.39, 0.29) is 11.8 Å². The molecule has 16 heavy (non-hydrogen) atoms. The van der Waals surface area contributed by atoms with Gasteiger partial charge in [0.2, 0.25) is 5.91 Å². The summed E-state index contributed by atoms with van der Waals surface area (Å²) in [7, 11) is 0. The van der Waals surface area contributed by atoms with Crippen LogP contribution in [-0.4, -0.2) is 5.91 Å². The molecular weight excluding hydrogens is 336 g/mol. The smallest absolute Gasteiger partial charge is 0.227 e. The summed E-state index contributed by atoms with van der Waals surface area (Å²) in [5.41, 5.74) is 0.822. The topological polar surface area (TPSA) is 29.1 Å². The molecule has 0 fully saturated rings. The van der Waals surface area contributed by atoms with E-state index in [1.165, 1.54) is 0 Å². The third-order valence-corrected chi connectivity index (χ3v) is 3.73. The molecule has 0 aliphatic heterocycles. The van der Waals surface area contributed by atoms with E-state index in [1.807, 2.05) is 32.9 Å². The van der Waals surface area contributed by atoms with Crippen LogP contribution in [0.4, 0.5) is 5.69 Å². The largest absolute Gasteiger partial charge is 0.325 e. The number of hydrogen-bond acceptors (Lipinski definition) is 1. The van der Waals surface area contributed by atoms with Crippen molar-refractivity contribution in [3.8, 4) is 0 Å². The molecule has 0 aliphatic carbocycles. The summed E-state index contributed by atoms with van der Waals surface area (Å²) >= 11 is 8.01. The summed E-state index contributed by atoms with van der Waals surface area (Å²) in [5.74, 6) is 0.395. The van der Waals surface area contributed by atoms with Crippen LogP contribution in [0.25, 0.3) is 0 Å². The van der Waals surface area contributed by atoms with Gasteiger partial charge in [0.1, 0.15) is 0 Å². The number of hydrogen-bond donors (Lipinski definition) is 1. The highest BCUT2D eigenvalue weighted by atomic mass is 127. The SMILES string of the molecule is CC(C)C(C)C(=O)Nc1ccc(Cl)cc1I. The average Bonchev–Trinajstić information content (AvgIpc) is 2.20. The van der Waals surface area contributed by atoms with Gasteiger partial charge in [0, 0.05) is 14.5 Å². The second-order valence-electron chi connectivity index (χ2n) is 4.15. The Kier molecular flexibility index (Phi) is 5.05. The van der Waals surface area contributed by atoms with Crippen LogP contribution >= 0.6 is 34.2 Å². The standard InChI is InChI=1S/C12H15ClINO/c1-7(2)8(3)12(16)15-11-5-4-9(13)6-10(11)14/h4-8H,1-3H3,(H,15,16). The average molecular weight is 352 g/mol. The van der Waals surface area contributed by atoms with Gasteiger partial charge in [-0.2, -0.15) is 0 Å². The predicted molar refractivity (Wildman–Crippen MR) is 76.8 cm³/mol. The van der Waals surface area contributed by atoms with Crippen molar-refractivity contribution in [2.45, 2.75) is 20.8 Å². The van der Waals surface area contributed by atoms with E-state index < -0.39 is 0 Å². The number of carbonyl (C=O) groups excluding carboxylic acids is 1. The lowest BCUT2D eigenvalue weighted by Crippen LogP contribution is -2.24. The number of nitrogens with one attached hydrogen (secondary N) is 1. The van der Waals surface area contributed by atoms with Crippen molar-refractivity contribution in [1.82, 2.24) is 0 Å². The number of amides is 1. The maximum absolute atomic E-state index is 11.8. The summed E-state index contributed by atoms with van der Waals surface area (Å²) in [4.78, 5) is 11.8. The van der Waals surface area contributed by atoms with Gasteiger partial charge in [-0.3, -0.25) is 4.79 Å². The number of halogens is 2. The zero-order valence-corrected chi connectivity index (χ0v) is 12.5. The van der Waals surface area contributed by atoms with Crippen molar-refractivity contribution >= 4 is 45.8 Å². The Morgan fingerprint density at radius 1 is 1.38 bits per heavy atom. The number of anilines is 1. The van der Waals surface area contributed by atoms with E-state index >= 15 is 0 Å². The van der Waals surface area contributed by atoms with E-state index in [0.717, 1.165) is 9.26 Å². The van der Waals surface area contributed by atoms with Crippen LogP contribution in [0, 0.1) is 15.4 Å². The first-order valence-electron chi connectivity index (χ1n) is 5.17. The van der Waals surface area contributed by atoms with E-state index in [2.05, 4.69) is 27.9 Å². The van der Waals surface area contributed by atoms with Crippen molar-refractivity contribution in [3.05, 3.63) is 26.8 Å². The van der Waals surface area contributed by atoms with Crippen molar-refractivity contribution in [2.75, 3.05) is 5.32 Å². The molecule has 2 nitrogen and oxygen atoms in total. The van der Waals surface area contributed by atoms with Crippen molar-refractivity contribution in [3.63, 3.8) is 0 Å². The minimum absolute atomic E-state index is 0.00600. The Morgan fingerprint density at radius 3 is 2.50 bits per heavy atom. The van der Waals surface area contributed by atoms with Crippen molar-refractivity contribution in [1.29, 1.82) is 0 Å².